The zero-order valence-corrected chi connectivity index (χ0v) is 5.29. The summed E-state index contributed by atoms with van der Waals surface area (Å²) < 4.78 is 0. The lowest BCUT2D eigenvalue weighted by molar-refractivity contribution is -0.102. The van der Waals surface area contributed by atoms with Gasteiger partial charge in [0.2, 0.25) is 0 Å². The van der Waals surface area contributed by atoms with Crippen LogP contribution in [0.1, 0.15) is 20.3 Å². The van der Waals surface area contributed by atoms with Crippen molar-refractivity contribution >= 4 is 12.5 Å². The Morgan fingerprint density at radius 3 is 2.75 bits per heavy atom. The normalized spacial score (nSPS) is 14.2. The van der Waals surface area contributed by atoms with Gasteiger partial charge in [0.05, 0.1) is 6.21 Å². The van der Waals surface area contributed by atoms with Gasteiger partial charge in [-0.15, -0.1) is 0 Å². The van der Waals surface area contributed by atoms with E-state index < -0.39 is 0 Å². The fraction of sp³-hybridized carbons (Fsp3) is 0.667. The number of aldehydes is 1. The van der Waals surface area contributed by atoms with Crippen LogP contribution in [0.3, 0.4) is 0 Å². The largest absolute Gasteiger partial charge is 0.297 e. The minimum atomic E-state index is 0.292. The van der Waals surface area contributed by atoms with Gasteiger partial charge in [0.1, 0.15) is 0 Å². The summed E-state index contributed by atoms with van der Waals surface area (Å²) in [6.07, 6.45) is 2.99. The number of nitrogens with zero attached hydrogens (tertiary/aromatic N) is 1. The van der Waals surface area contributed by atoms with Crippen LogP contribution in [0.25, 0.3) is 0 Å². The second kappa shape index (κ2) is 4.50. The first-order valence-corrected chi connectivity index (χ1v) is 2.78. The maximum absolute atomic E-state index is 9.68. The molecule has 0 radical (unpaired) electrons. The third kappa shape index (κ3) is 3.53. The van der Waals surface area contributed by atoms with Crippen LogP contribution in [-0.4, -0.2) is 18.5 Å². The quantitative estimate of drug-likeness (QED) is 0.397. The molecule has 8 heavy (non-hydrogen) atoms. The lowest BCUT2D eigenvalue weighted by Gasteiger charge is -1.95. The van der Waals surface area contributed by atoms with E-state index in [2.05, 4.69) is 4.99 Å². The number of rotatable bonds is 3. The number of aliphatic imine (C=N–C) groups is 1. The summed E-state index contributed by atoms with van der Waals surface area (Å²) in [6.45, 7) is 4.01. The second-order valence-electron chi connectivity index (χ2n) is 1.69. The SMILES string of the molecule is CCC(C)N=CC=O. The Bertz CT molecular complexity index is 88.5. The van der Waals surface area contributed by atoms with Gasteiger partial charge in [-0.05, 0) is 13.3 Å². The minimum Gasteiger partial charge on any atom is -0.297 e. The van der Waals surface area contributed by atoms with E-state index in [0.29, 0.717) is 12.3 Å². The van der Waals surface area contributed by atoms with Crippen LogP contribution in [0.4, 0.5) is 0 Å². The molecule has 0 aromatic rings. The highest BCUT2D eigenvalue weighted by Gasteiger charge is 1.87. The summed E-state index contributed by atoms with van der Waals surface area (Å²) in [6, 6.07) is 0.292. The first kappa shape index (κ1) is 7.34. The highest BCUT2D eigenvalue weighted by Crippen LogP contribution is 1.91. The molecule has 0 heterocycles. The highest BCUT2D eigenvalue weighted by molar-refractivity contribution is 6.12. The molecule has 0 aromatic heterocycles. The maximum Gasteiger partial charge on any atom is 0.160 e. The Kier molecular flexibility index (Phi) is 4.13. The summed E-state index contributed by atoms with van der Waals surface area (Å²) >= 11 is 0. The third-order valence-corrected chi connectivity index (χ3v) is 0.992. The summed E-state index contributed by atoms with van der Waals surface area (Å²) in [5.74, 6) is 0. The minimum absolute atomic E-state index is 0.292. The standard InChI is InChI=1S/C6H11NO/c1-3-6(2)7-4-5-8/h4-6H,3H2,1-2H3. The molecule has 0 aliphatic carbocycles. The van der Waals surface area contributed by atoms with Crippen LogP contribution in [-0.2, 0) is 4.79 Å². The number of carbonyl (C=O) groups excluding carboxylic acids is 1. The molecule has 0 N–H and O–H groups in total. The van der Waals surface area contributed by atoms with Crippen LogP contribution in [0.2, 0.25) is 0 Å². The molecule has 46 valence electrons. The zero-order chi connectivity index (χ0) is 6.41. The lowest BCUT2D eigenvalue weighted by atomic mass is 10.3. The number of carbonyl (C=O) groups is 1. The molecule has 0 amide bonds. The molecule has 0 saturated heterocycles. The monoisotopic (exact) mass is 113 g/mol. The van der Waals surface area contributed by atoms with E-state index in [1.807, 2.05) is 13.8 Å². The van der Waals surface area contributed by atoms with Crippen molar-refractivity contribution in [2.75, 3.05) is 0 Å². The molecular weight excluding hydrogens is 102 g/mol. The van der Waals surface area contributed by atoms with E-state index >= 15 is 0 Å². The Hall–Kier alpha value is -0.660. The van der Waals surface area contributed by atoms with Crippen molar-refractivity contribution in [1.82, 2.24) is 0 Å². The molecule has 0 spiro atoms. The van der Waals surface area contributed by atoms with Crippen molar-refractivity contribution in [2.24, 2.45) is 4.99 Å². The van der Waals surface area contributed by atoms with Crippen molar-refractivity contribution in [1.29, 1.82) is 0 Å². The predicted octanol–water partition coefficient (Wildman–Crippen LogP) is 1.05. The molecule has 0 aliphatic rings. The average molecular weight is 113 g/mol. The zero-order valence-electron chi connectivity index (χ0n) is 5.29. The highest BCUT2D eigenvalue weighted by atomic mass is 16.1. The van der Waals surface area contributed by atoms with Crippen molar-refractivity contribution in [2.45, 2.75) is 26.3 Å². The van der Waals surface area contributed by atoms with Gasteiger partial charge in [0.15, 0.2) is 6.29 Å². The summed E-state index contributed by atoms with van der Waals surface area (Å²) in [7, 11) is 0. The summed E-state index contributed by atoms with van der Waals surface area (Å²) in [4.78, 5) is 13.5. The fourth-order valence-corrected chi connectivity index (χ4v) is 0.287. The van der Waals surface area contributed by atoms with E-state index in [9.17, 15) is 4.79 Å². The van der Waals surface area contributed by atoms with Crippen molar-refractivity contribution in [3.05, 3.63) is 0 Å². The Labute approximate surface area is 49.6 Å². The molecule has 0 rings (SSSR count). The molecule has 0 fully saturated rings. The number of hydrogen-bond acceptors (Lipinski definition) is 2. The fourth-order valence-electron chi connectivity index (χ4n) is 0.287. The molecule has 1 atom stereocenters. The molecule has 0 aliphatic heterocycles. The van der Waals surface area contributed by atoms with Gasteiger partial charge >= 0.3 is 0 Å². The molecule has 0 bridgehead atoms. The van der Waals surface area contributed by atoms with Crippen LogP contribution in [0.5, 0.6) is 0 Å². The smallest absolute Gasteiger partial charge is 0.160 e. The first-order valence-electron chi connectivity index (χ1n) is 2.78. The molecule has 1 unspecified atom stereocenters. The van der Waals surface area contributed by atoms with Crippen LogP contribution in [0, 0.1) is 0 Å². The van der Waals surface area contributed by atoms with Crippen LogP contribution in [0.15, 0.2) is 4.99 Å². The molecular formula is C6H11NO. The molecule has 2 nitrogen and oxygen atoms in total. The van der Waals surface area contributed by atoms with Gasteiger partial charge in [0, 0.05) is 6.04 Å². The maximum atomic E-state index is 9.68. The van der Waals surface area contributed by atoms with E-state index in [1.165, 1.54) is 6.21 Å². The predicted molar refractivity (Wildman–Crippen MR) is 34.3 cm³/mol. The van der Waals surface area contributed by atoms with Crippen molar-refractivity contribution in [3.63, 3.8) is 0 Å². The molecule has 2 heteroatoms. The van der Waals surface area contributed by atoms with Crippen molar-refractivity contribution in [3.8, 4) is 0 Å². The van der Waals surface area contributed by atoms with Gasteiger partial charge in [-0.3, -0.25) is 9.79 Å². The average Bonchev–Trinajstić information content (AvgIpc) is 1.83. The summed E-state index contributed by atoms with van der Waals surface area (Å²) in [5, 5.41) is 0. The number of hydrogen-bond donors (Lipinski definition) is 0. The van der Waals surface area contributed by atoms with Crippen LogP contribution >= 0.6 is 0 Å². The molecule has 0 aromatic carbocycles. The van der Waals surface area contributed by atoms with Gasteiger partial charge in [-0.25, -0.2) is 0 Å². The van der Waals surface area contributed by atoms with E-state index in [-0.39, 0.29) is 0 Å². The van der Waals surface area contributed by atoms with E-state index in [1.54, 1.807) is 0 Å². The topological polar surface area (TPSA) is 29.4 Å². The van der Waals surface area contributed by atoms with Gasteiger partial charge in [-0.2, -0.15) is 0 Å². The van der Waals surface area contributed by atoms with Crippen LogP contribution < -0.4 is 0 Å². The Morgan fingerprint density at radius 1 is 1.75 bits per heavy atom. The van der Waals surface area contributed by atoms with Gasteiger partial charge in [0.25, 0.3) is 0 Å². The first-order chi connectivity index (χ1) is 3.81. The third-order valence-electron chi connectivity index (χ3n) is 0.992. The van der Waals surface area contributed by atoms with Gasteiger partial charge in [-0.1, -0.05) is 6.92 Å². The van der Waals surface area contributed by atoms with E-state index in [0.717, 1.165) is 6.42 Å². The van der Waals surface area contributed by atoms with Gasteiger partial charge < -0.3 is 0 Å². The summed E-state index contributed by atoms with van der Waals surface area (Å²) in [5.41, 5.74) is 0. The molecule has 0 saturated carbocycles. The Morgan fingerprint density at radius 2 is 2.38 bits per heavy atom. The van der Waals surface area contributed by atoms with E-state index in [4.69, 9.17) is 0 Å². The van der Waals surface area contributed by atoms with Crippen molar-refractivity contribution < 1.29 is 4.79 Å². The lowest BCUT2D eigenvalue weighted by Crippen LogP contribution is -1.94. The Balaban J connectivity index is 3.35. The second-order valence-corrected chi connectivity index (χ2v) is 1.69.